The number of benzene rings is 2. The van der Waals surface area contributed by atoms with E-state index in [-0.39, 0.29) is 5.56 Å². The van der Waals surface area contributed by atoms with Gasteiger partial charge in [-0.2, -0.15) is 5.10 Å². The summed E-state index contributed by atoms with van der Waals surface area (Å²) >= 11 is 0. The summed E-state index contributed by atoms with van der Waals surface area (Å²) in [5.74, 6) is 0.580. The van der Waals surface area contributed by atoms with Crippen molar-refractivity contribution >= 4 is 22.3 Å². The van der Waals surface area contributed by atoms with Gasteiger partial charge in [-0.25, -0.2) is 10.1 Å². The van der Waals surface area contributed by atoms with Gasteiger partial charge in [-0.3, -0.25) is 4.79 Å². The van der Waals surface area contributed by atoms with Crippen LogP contribution in [0.15, 0.2) is 58.3 Å². The number of aromatic nitrogens is 2. The summed E-state index contributed by atoms with van der Waals surface area (Å²) in [5, 5.41) is 8.18. The molecule has 3 aromatic rings. The predicted octanol–water partition coefficient (Wildman–Crippen LogP) is 2.99. The molecule has 0 saturated carbocycles. The standard InChI is InChI=1S/C17H16N4O/c1-2-15(18)19-12-7-5-6-11(10-12)16-13-8-3-4-9-14(13)17(22)21-20-16/h3-10H,2H2,1H3,(H2,18,19)(H,21,22). The fourth-order valence-electron chi connectivity index (χ4n) is 2.30. The Bertz CT molecular complexity index is 912. The van der Waals surface area contributed by atoms with Gasteiger partial charge in [-0.1, -0.05) is 37.3 Å². The lowest BCUT2D eigenvalue weighted by molar-refractivity contribution is 1.02. The number of amidine groups is 1. The zero-order valence-electron chi connectivity index (χ0n) is 12.2. The summed E-state index contributed by atoms with van der Waals surface area (Å²) in [4.78, 5) is 16.2. The van der Waals surface area contributed by atoms with Gasteiger partial charge in [-0.15, -0.1) is 0 Å². The van der Waals surface area contributed by atoms with Crippen molar-refractivity contribution in [2.75, 3.05) is 0 Å². The van der Waals surface area contributed by atoms with E-state index in [0.717, 1.165) is 22.3 Å². The number of hydrogen-bond acceptors (Lipinski definition) is 3. The summed E-state index contributed by atoms with van der Waals surface area (Å²) in [7, 11) is 0. The number of aliphatic imine (C=N–C) groups is 1. The molecule has 0 aliphatic carbocycles. The number of nitrogens with one attached hydrogen (secondary N) is 1. The van der Waals surface area contributed by atoms with Crippen molar-refractivity contribution in [2.45, 2.75) is 13.3 Å². The van der Waals surface area contributed by atoms with E-state index in [1.54, 1.807) is 6.07 Å². The Balaban J connectivity index is 2.19. The molecule has 3 N–H and O–H groups in total. The molecule has 1 heterocycles. The van der Waals surface area contributed by atoms with E-state index in [1.807, 2.05) is 49.4 Å². The number of fused-ring (bicyclic) bond motifs is 1. The maximum absolute atomic E-state index is 11.9. The van der Waals surface area contributed by atoms with Gasteiger partial charge in [0.05, 0.1) is 22.6 Å². The Hall–Kier alpha value is -2.95. The average Bonchev–Trinajstić information content (AvgIpc) is 2.55. The van der Waals surface area contributed by atoms with Crippen LogP contribution >= 0.6 is 0 Å². The number of nitrogens with zero attached hydrogens (tertiary/aromatic N) is 2. The van der Waals surface area contributed by atoms with Gasteiger partial charge in [0.2, 0.25) is 0 Å². The quantitative estimate of drug-likeness (QED) is 0.575. The van der Waals surface area contributed by atoms with E-state index < -0.39 is 0 Å². The second-order valence-electron chi connectivity index (χ2n) is 4.95. The molecule has 0 unspecified atom stereocenters. The van der Waals surface area contributed by atoms with Crippen LogP contribution in [0.1, 0.15) is 13.3 Å². The van der Waals surface area contributed by atoms with Crippen molar-refractivity contribution in [3.63, 3.8) is 0 Å². The number of nitrogens with two attached hydrogens (primary N) is 1. The fourth-order valence-corrected chi connectivity index (χ4v) is 2.30. The van der Waals surface area contributed by atoms with Crippen LogP contribution < -0.4 is 11.3 Å². The molecule has 2 aromatic carbocycles. The summed E-state index contributed by atoms with van der Waals surface area (Å²) < 4.78 is 0. The Kier molecular flexibility index (Phi) is 3.70. The smallest absolute Gasteiger partial charge is 0.272 e. The third-order valence-corrected chi connectivity index (χ3v) is 3.45. The number of rotatable bonds is 3. The largest absolute Gasteiger partial charge is 0.387 e. The number of hydrogen-bond donors (Lipinski definition) is 2. The van der Waals surface area contributed by atoms with E-state index in [2.05, 4.69) is 15.2 Å². The highest BCUT2D eigenvalue weighted by molar-refractivity contribution is 5.94. The van der Waals surface area contributed by atoms with Crippen LogP contribution in [0, 0.1) is 0 Å². The Morgan fingerprint density at radius 1 is 1.18 bits per heavy atom. The van der Waals surface area contributed by atoms with Gasteiger partial charge < -0.3 is 5.73 Å². The molecule has 0 spiro atoms. The molecule has 0 bridgehead atoms. The van der Waals surface area contributed by atoms with Gasteiger partial charge in [0.25, 0.3) is 5.56 Å². The second kappa shape index (κ2) is 5.81. The molecule has 5 nitrogen and oxygen atoms in total. The van der Waals surface area contributed by atoms with Crippen LogP contribution in [0.4, 0.5) is 5.69 Å². The maximum atomic E-state index is 11.9. The zero-order chi connectivity index (χ0) is 15.5. The molecule has 5 heteroatoms. The van der Waals surface area contributed by atoms with Gasteiger partial charge in [0, 0.05) is 17.4 Å². The van der Waals surface area contributed by atoms with Crippen LogP contribution in [0.3, 0.4) is 0 Å². The van der Waals surface area contributed by atoms with E-state index in [0.29, 0.717) is 17.6 Å². The first-order valence-electron chi connectivity index (χ1n) is 7.10. The fraction of sp³-hybridized carbons (Fsp3) is 0.118. The molecule has 1 aromatic heterocycles. The lowest BCUT2D eigenvalue weighted by atomic mass is 10.0. The van der Waals surface area contributed by atoms with E-state index in [4.69, 9.17) is 5.73 Å². The molecule has 0 fully saturated rings. The first-order chi connectivity index (χ1) is 10.7. The minimum atomic E-state index is -0.191. The number of H-pyrrole nitrogens is 1. The van der Waals surface area contributed by atoms with Crippen molar-refractivity contribution in [3.8, 4) is 11.3 Å². The molecule has 22 heavy (non-hydrogen) atoms. The van der Waals surface area contributed by atoms with Crippen LogP contribution in [0.5, 0.6) is 0 Å². The second-order valence-corrected chi connectivity index (χ2v) is 4.95. The summed E-state index contributed by atoms with van der Waals surface area (Å²) in [6.07, 6.45) is 0.698. The van der Waals surface area contributed by atoms with Crippen molar-refractivity contribution < 1.29 is 0 Å². The Morgan fingerprint density at radius 2 is 1.95 bits per heavy atom. The van der Waals surface area contributed by atoms with Crippen LogP contribution in [-0.2, 0) is 0 Å². The highest BCUT2D eigenvalue weighted by Gasteiger charge is 2.08. The average molecular weight is 292 g/mol. The summed E-state index contributed by atoms with van der Waals surface area (Å²) in [6, 6.07) is 15.1. The van der Waals surface area contributed by atoms with Crippen LogP contribution in [0.25, 0.3) is 22.0 Å². The molecule has 0 aliphatic heterocycles. The molecule has 0 amide bonds. The van der Waals surface area contributed by atoms with E-state index >= 15 is 0 Å². The monoisotopic (exact) mass is 292 g/mol. The Labute approximate surface area is 127 Å². The normalized spacial score (nSPS) is 11.8. The van der Waals surface area contributed by atoms with Crippen molar-refractivity contribution in [2.24, 2.45) is 10.7 Å². The van der Waals surface area contributed by atoms with E-state index in [9.17, 15) is 4.79 Å². The lowest BCUT2D eigenvalue weighted by Crippen LogP contribution is -2.09. The van der Waals surface area contributed by atoms with Crippen LogP contribution in [-0.4, -0.2) is 16.0 Å². The third kappa shape index (κ3) is 2.61. The van der Waals surface area contributed by atoms with Crippen molar-refractivity contribution in [1.82, 2.24) is 10.2 Å². The van der Waals surface area contributed by atoms with Gasteiger partial charge in [-0.05, 0) is 18.2 Å². The SMILES string of the molecule is CCC(N)=Nc1cccc(-c2n[nH]c(=O)c3ccccc23)c1. The Morgan fingerprint density at radius 3 is 2.73 bits per heavy atom. The van der Waals surface area contributed by atoms with Crippen molar-refractivity contribution in [1.29, 1.82) is 0 Å². The lowest BCUT2D eigenvalue weighted by Gasteiger charge is -2.06. The molecule has 3 rings (SSSR count). The van der Waals surface area contributed by atoms with Gasteiger partial charge in [0.15, 0.2) is 0 Å². The molecular weight excluding hydrogens is 276 g/mol. The summed E-state index contributed by atoms with van der Waals surface area (Å²) in [5.41, 5.74) is 7.98. The first-order valence-corrected chi connectivity index (χ1v) is 7.10. The maximum Gasteiger partial charge on any atom is 0.272 e. The van der Waals surface area contributed by atoms with E-state index in [1.165, 1.54) is 0 Å². The highest BCUT2D eigenvalue weighted by atomic mass is 16.1. The highest BCUT2D eigenvalue weighted by Crippen LogP contribution is 2.27. The molecule has 0 aliphatic rings. The zero-order valence-corrected chi connectivity index (χ0v) is 12.2. The first kappa shape index (κ1) is 14.0. The predicted molar refractivity (Wildman–Crippen MR) is 89.4 cm³/mol. The molecule has 0 saturated heterocycles. The van der Waals surface area contributed by atoms with Gasteiger partial charge in [0.1, 0.15) is 0 Å². The van der Waals surface area contributed by atoms with Gasteiger partial charge >= 0.3 is 0 Å². The minimum Gasteiger partial charge on any atom is -0.387 e. The summed E-state index contributed by atoms with van der Waals surface area (Å²) in [6.45, 7) is 1.96. The van der Waals surface area contributed by atoms with Crippen LogP contribution in [0.2, 0.25) is 0 Å². The molecular formula is C17H16N4O. The topological polar surface area (TPSA) is 84.1 Å². The molecule has 0 radical (unpaired) electrons. The molecule has 110 valence electrons. The molecule has 0 atom stereocenters. The van der Waals surface area contributed by atoms with Crippen molar-refractivity contribution in [3.05, 3.63) is 58.9 Å². The number of aromatic amines is 1. The minimum absolute atomic E-state index is 0.191. The third-order valence-electron chi connectivity index (χ3n) is 3.45.